The maximum atomic E-state index is 13.2. The Hall–Kier alpha value is -1.78. The van der Waals surface area contributed by atoms with E-state index in [2.05, 4.69) is 10.3 Å². The van der Waals surface area contributed by atoms with Gasteiger partial charge >= 0.3 is 0 Å². The van der Waals surface area contributed by atoms with Gasteiger partial charge in [-0.05, 0) is 32.9 Å². The molecule has 0 heterocycles. The van der Waals surface area contributed by atoms with Gasteiger partial charge in [-0.15, -0.1) is 0 Å². The maximum Gasteiger partial charge on any atom is 0.193 e. The third-order valence-corrected chi connectivity index (χ3v) is 1.88. The summed E-state index contributed by atoms with van der Waals surface area (Å²) in [5.41, 5.74) is 6.10. The number of hydrogen-bond acceptors (Lipinski definition) is 2. The number of aliphatic imine (C=N–C) groups is 1. The van der Waals surface area contributed by atoms with Crippen molar-refractivity contribution in [2.24, 2.45) is 10.7 Å². The molecule has 0 fully saturated rings. The Bertz CT molecular complexity index is 424. The minimum absolute atomic E-state index is 0.165. The van der Waals surface area contributed by atoms with Gasteiger partial charge in [0.2, 0.25) is 0 Å². The van der Waals surface area contributed by atoms with Gasteiger partial charge in [-0.2, -0.15) is 0 Å². The minimum Gasteiger partial charge on any atom is -0.494 e. The first-order chi connectivity index (χ1) is 7.81. The SMILES string of the molecule is COc1cc(NC(N)=NC(C)(C)C)ccc1F. The summed E-state index contributed by atoms with van der Waals surface area (Å²) in [5.74, 6) is 0.0362. The lowest BCUT2D eigenvalue weighted by molar-refractivity contribution is 0.387. The largest absolute Gasteiger partial charge is 0.494 e. The zero-order chi connectivity index (χ0) is 13.1. The van der Waals surface area contributed by atoms with Gasteiger partial charge < -0.3 is 15.8 Å². The van der Waals surface area contributed by atoms with Gasteiger partial charge in [0.1, 0.15) is 0 Å². The van der Waals surface area contributed by atoms with Gasteiger partial charge in [-0.3, -0.25) is 0 Å². The molecule has 0 atom stereocenters. The van der Waals surface area contributed by atoms with Crippen LogP contribution in [0.3, 0.4) is 0 Å². The average molecular weight is 239 g/mol. The van der Waals surface area contributed by atoms with Gasteiger partial charge in [-0.25, -0.2) is 9.38 Å². The fourth-order valence-corrected chi connectivity index (χ4v) is 1.27. The Balaban J connectivity index is 2.86. The van der Waals surface area contributed by atoms with Crippen LogP contribution in [0.2, 0.25) is 0 Å². The highest BCUT2D eigenvalue weighted by molar-refractivity contribution is 5.92. The van der Waals surface area contributed by atoms with Gasteiger partial charge in [0, 0.05) is 11.8 Å². The number of anilines is 1. The van der Waals surface area contributed by atoms with E-state index in [-0.39, 0.29) is 17.2 Å². The van der Waals surface area contributed by atoms with E-state index in [0.29, 0.717) is 5.69 Å². The summed E-state index contributed by atoms with van der Waals surface area (Å²) in [6, 6.07) is 4.41. The van der Waals surface area contributed by atoms with Crippen LogP contribution in [0.5, 0.6) is 5.75 Å². The molecule has 0 bridgehead atoms. The molecule has 3 N–H and O–H groups in total. The predicted octanol–water partition coefficient (Wildman–Crippen LogP) is 2.36. The number of halogens is 1. The fraction of sp³-hybridized carbons (Fsp3) is 0.417. The normalized spacial score (nSPS) is 12.4. The molecule has 0 amide bonds. The zero-order valence-electron chi connectivity index (χ0n) is 10.5. The van der Waals surface area contributed by atoms with Crippen LogP contribution >= 0.6 is 0 Å². The predicted molar refractivity (Wildman–Crippen MR) is 68.0 cm³/mol. The lowest BCUT2D eigenvalue weighted by Gasteiger charge is -2.14. The first-order valence-corrected chi connectivity index (χ1v) is 5.28. The highest BCUT2D eigenvalue weighted by atomic mass is 19.1. The van der Waals surface area contributed by atoms with Crippen LogP contribution in [0.25, 0.3) is 0 Å². The van der Waals surface area contributed by atoms with Gasteiger partial charge in [0.25, 0.3) is 0 Å². The first kappa shape index (κ1) is 13.3. The monoisotopic (exact) mass is 239 g/mol. The second-order valence-electron chi connectivity index (χ2n) is 4.64. The van der Waals surface area contributed by atoms with Crippen molar-refractivity contribution >= 4 is 11.6 Å². The quantitative estimate of drug-likeness (QED) is 0.615. The molecule has 1 aromatic carbocycles. The van der Waals surface area contributed by atoms with Crippen LogP contribution in [0.4, 0.5) is 10.1 Å². The van der Waals surface area contributed by atoms with Crippen LogP contribution < -0.4 is 15.8 Å². The first-order valence-electron chi connectivity index (χ1n) is 5.28. The van der Waals surface area contributed by atoms with Crippen LogP contribution in [-0.2, 0) is 0 Å². The molecule has 0 spiro atoms. The smallest absolute Gasteiger partial charge is 0.193 e. The van der Waals surface area contributed by atoms with E-state index in [9.17, 15) is 4.39 Å². The highest BCUT2D eigenvalue weighted by Crippen LogP contribution is 2.21. The number of guanidine groups is 1. The molecular formula is C12H18FN3O. The van der Waals surface area contributed by atoms with Crippen molar-refractivity contribution in [3.05, 3.63) is 24.0 Å². The lowest BCUT2D eigenvalue weighted by Crippen LogP contribution is -2.27. The fourth-order valence-electron chi connectivity index (χ4n) is 1.27. The van der Waals surface area contributed by atoms with Crippen molar-refractivity contribution in [2.45, 2.75) is 26.3 Å². The second kappa shape index (κ2) is 5.03. The van der Waals surface area contributed by atoms with Crippen molar-refractivity contribution in [1.29, 1.82) is 0 Å². The molecular weight excluding hydrogens is 221 g/mol. The number of nitrogens with one attached hydrogen (secondary N) is 1. The second-order valence-corrected chi connectivity index (χ2v) is 4.64. The van der Waals surface area contributed by atoms with Crippen LogP contribution in [0, 0.1) is 5.82 Å². The van der Waals surface area contributed by atoms with E-state index in [1.165, 1.54) is 19.2 Å². The van der Waals surface area contributed by atoms with E-state index in [1.807, 2.05) is 20.8 Å². The Morgan fingerprint density at radius 1 is 1.41 bits per heavy atom. The molecule has 0 radical (unpaired) electrons. The molecule has 0 saturated heterocycles. The van der Waals surface area contributed by atoms with E-state index in [0.717, 1.165) is 0 Å². The van der Waals surface area contributed by atoms with Crippen molar-refractivity contribution in [3.63, 3.8) is 0 Å². The Morgan fingerprint density at radius 2 is 2.06 bits per heavy atom. The van der Waals surface area contributed by atoms with Crippen LogP contribution in [-0.4, -0.2) is 18.6 Å². The molecule has 4 nitrogen and oxygen atoms in total. The summed E-state index contributed by atoms with van der Waals surface area (Å²) < 4.78 is 18.0. The molecule has 0 unspecified atom stereocenters. The van der Waals surface area contributed by atoms with Crippen molar-refractivity contribution in [2.75, 3.05) is 12.4 Å². The molecule has 0 aliphatic carbocycles. The van der Waals surface area contributed by atoms with E-state index in [4.69, 9.17) is 10.5 Å². The number of rotatable bonds is 2. The lowest BCUT2D eigenvalue weighted by atomic mass is 10.1. The van der Waals surface area contributed by atoms with E-state index in [1.54, 1.807) is 6.07 Å². The summed E-state index contributed by atoms with van der Waals surface area (Å²) in [6.07, 6.45) is 0. The molecule has 0 aliphatic rings. The molecule has 5 heteroatoms. The molecule has 0 saturated carbocycles. The summed E-state index contributed by atoms with van der Waals surface area (Å²) in [4.78, 5) is 4.23. The van der Waals surface area contributed by atoms with Gasteiger partial charge in [-0.1, -0.05) is 0 Å². The number of nitrogens with zero attached hydrogens (tertiary/aromatic N) is 1. The standard InChI is InChI=1S/C12H18FN3O/c1-12(2,3)16-11(14)15-8-5-6-9(13)10(7-8)17-4/h5-7H,1-4H3,(H3,14,15,16). The number of hydrogen-bond donors (Lipinski definition) is 2. The maximum absolute atomic E-state index is 13.2. The molecule has 94 valence electrons. The number of ether oxygens (including phenoxy) is 1. The zero-order valence-corrected chi connectivity index (χ0v) is 10.5. The van der Waals surface area contributed by atoms with Crippen molar-refractivity contribution < 1.29 is 9.13 Å². The highest BCUT2D eigenvalue weighted by Gasteiger charge is 2.09. The minimum atomic E-state index is -0.413. The topological polar surface area (TPSA) is 59.6 Å². The Labute approximate surface area is 101 Å². The van der Waals surface area contributed by atoms with Crippen LogP contribution in [0.1, 0.15) is 20.8 Å². The molecule has 0 aliphatic heterocycles. The molecule has 17 heavy (non-hydrogen) atoms. The molecule has 1 rings (SSSR count). The third kappa shape index (κ3) is 4.30. The summed E-state index contributed by atoms with van der Waals surface area (Å²) >= 11 is 0. The summed E-state index contributed by atoms with van der Waals surface area (Å²) in [6.45, 7) is 5.81. The van der Waals surface area contributed by atoms with E-state index < -0.39 is 5.82 Å². The van der Waals surface area contributed by atoms with E-state index >= 15 is 0 Å². The molecule has 0 aromatic heterocycles. The van der Waals surface area contributed by atoms with Gasteiger partial charge in [0.15, 0.2) is 17.5 Å². The summed E-state index contributed by atoms with van der Waals surface area (Å²) in [5, 5.41) is 2.88. The van der Waals surface area contributed by atoms with Crippen molar-refractivity contribution in [1.82, 2.24) is 0 Å². The van der Waals surface area contributed by atoms with Crippen LogP contribution in [0.15, 0.2) is 23.2 Å². The number of methoxy groups -OCH3 is 1. The van der Waals surface area contributed by atoms with Crippen molar-refractivity contribution in [3.8, 4) is 5.75 Å². The molecule has 1 aromatic rings. The average Bonchev–Trinajstić information content (AvgIpc) is 2.18. The Morgan fingerprint density at radius 3 is 2.59 bits per heavy atom. The number of nitrogens with two attached hydrogens (primary N) is 1. The summed E-state index contributed by atoms with van der Waals surface area (Å²) in [7, 11) is 1.41. The van der Waals surface area contributed by atoms with Gasteiger partial charge in [0.05, 0.1) is 12.6 Å². The Kier molecular flexibility index (Phi) is 3.93. The third-order valence-electron chi connectivity index (χ3n) is 1.88. The number of benzene rings is 1.